The summed E-state index contributed by atoms with van der Waals surface area (Å²) in [5.74, 6) is 0.640. The van der Waals surface area contributed by atoms with Crippen LogP contribution in [0.1, 0.15) is 17.0 Å². The summed E-state index contributed by atoms with van der Waals surface area (Å²) in [7, 11) is -1.63. The molecule has 1 aliphatic heterocycles. The molecule has 32 heavy (non-hydrogen) atoms. The summed E-state index contributed by atoms with van der Waals surface area (Å²) < 4.78 is 33.4. The summed E-state index contributed by atoms with van der Waals surface area (Å²) in [5, 5.41) is 6.36. The molecule has 9 nitrogen and oxygen atoms in total. The van der Waals surface area contributed by atoms with Crippen LogP contribution in [0.5, 0.6) is 0 Å². The fourth-order valence-electron chi connectivity index (χ4n) is 3.67. The highest BCUT2D eigenvalue weighted by molar-refractivity contribution is 7.99. The third-order valence-electron chi connectivity index (χ3n) is 5.66. The normalized spacial score (nSPS) is 15.9. The van der Waals surface area contributed by atoms with Crippen LogP contribution in [0.15, 0.2) is 47.5 Å². The van der Waals surface area contributed by atoms with E-state index in [9.17, 15) is 8.76 Å². The molecule has 10 heteroatoms. The maximum absolute atomic E-state index is 12.9. The Kier molecular flexibility index (Phi) is 6.45. The molecule has 0 bridgehead atoms. The Morgan fingerprint density at radius 1 is 1.19 bits per heavy atom. The van der Waals surface area contributed by atoms with E-state index in [2.05, 4.69) is 49.3 Å². The number of nitrogens with zero attached hydrogens (tertiary/aromatic N) is 3. The molecule has 1 atom stereocenters. The van der Waals surface area contributed by atoms with Crippen molar-refractivity contribution in [1.82, 2.24) is 10.1 Å². The van der Waals surface area contributed by atoms with Gasteiger partial charge in [-0.1, -0.05) is 12.1 Å². The Labute approximate surface area is 189 Å². The number of aromatic amines is 1. The third-order valence-corrected chi connectivity index (χ3v) is 7.02. The van der Waals surface area contributed by atoms with Gasteiger partial charge in [-0.05, 0) is 34.9 Å². The maximum atomic E-state index is 12.9. The molecule has 0 saturated carbocycles. The molecular formula is C22H30N6O3S+2. The van der Waals surface area contributed by atoms with Crippen molar-refractivity contribution in [1.29, 1.82) is 0 Å². The summed E-state index contributed by atoms with van der Waals surface area (Å²) in [6.07, 6.45) is 1.43. The summed E-state index contributed by atoms with van der Waals surface area (Å²) in [6.45, 7) is 7.70. The Hall–Kier alpha value is -2.95. The van der Waals surface area contributed by atoms with Crippen molar-refractivity contribution in [3.05, 3.63) is 59.5 Å². The zero-order valence-electron chi connectivity index (χ0n) is 18.6. The number of morpholine rings is 1. The molecule has 4 N–H and O–H groups in total. The van der Waals surface area contributed by atoms with Crippen LogP contribution in [0.4, 0.5) is 17.2 Å². The second kappa shape index (κ2) is 9.27. The SMILES string of the molecule is Cc1[nH][n+](C)c(C)c1N[S+](=O)(O)c1ccc(NCc2ccc(N3CCOCC3)cc2)nc1. The average Bonchev–Trinajstić information content (AvgIpc) is 3.04. The predicted octanol–water partition coefficient (Wildman–Crippen LogP) is 2.66. The van der Waals surface area contributed by atoms with Gasteiger partial charge in [0.15, 0.2) is 12.7 Å². The molecule has 1 aliphatic rings. The van der Waals surface area contributed by atoms with E-state index >= 15 is 0 Å². The largest absolute Gasteiger partial charge is 0.378 e. The zero-order chi connectivity index (χ0) is 22.7. The topological polar surface area (TPSA) is 106 Å². The Morgan fingerprint density at radius 3 is 2.50 bits per heavy atom. The molecule has 0 spiro atoms. The van der Waals surface area contributed by atoms with Crippen LogP contribution in [0.3, 0.4) is 0 Å². The highest BCUT2D eigenvalue weighted by Crippen LogP contribution is 2.24. The first-order valence-corrected chi connectivity index (χ1v) is 12.1. The molecule has 3 aromatic rings. The van der Waals surface area contributed by atoms with E-state index in [1.807, 2.05) is 20.9 Å². The number of nitrogens with one attached hydrogen (secondary N) is 3. The Balaban J connectivity index is 1.36. The van der Waals surface area contributed by atoms with Crippen LogP contribution in [-0.4, -0.2) is 40.9 Å². The predicted molar refractivity (Wildman–Crippen MR) is 125 cm³/mol. The third kappa shape index (κ3) is 4.93. The van der Waals surface area contributed by atoms with Crippen LogP contribution in [0, 0.1) is 13.8 Å². The first-order chi connectivity index (χ1) is 15.3. The van der Waals surface area contributed by atoms with Crippen molar-refractivity contribution in [2.75, 3.05) is 41.2 Å². The minimum atomic E-state index is -3.48. The van der Waals surface area contributed by atoms with E-state index in [4.69, 9.17) is 4.74 Å². The molecule has 0 amide bonds. The molecule has 1 fully saturated rings. The van der Waals surface area contributed by atoms with Gasteiger partial charge in [-0.3, -0.25) is 0 Å². The van der Waals surface area contributed by atoms with E-state index in [1.54, 1.807) is 16.8 Å². The monoisotopic (exact) mass is 458 g/mol. The van der Waals surface area contributed by atoms with Gasteiger partial charge in [-0.15, -0.1) is 4.68 Å². The number of rotatable bonds is 7. The van der Waals surface area contributed by atoms with Gasteiger partial charge in [0.05, 0.1) is 19.4 Å². The fourth-order valence-corrected chi connectivity index (χ4v) is 4.81. The highest BCUT2D eigenvalue weighted by Gasteiger charge is 2.34. The number of benzene rings is 1. The van der Waals surface area contributed by atoms with E-state index in [1.165, 1.54) is 11.9 Å². The van der Waals surface area contributed by atoms with Gasteiger partial charge in [-0.25, -0.2) is 4.98 Å². The van der Waals surface area contributed by atoms with Gasteiger partial charge >= 0.3 is 10.4 Å². The standard InChI is InChI=1S/C22H28N6O3S/c1-16-22(17(2)27(3)25-16)26-32(29,30)20-8-9-21(24-15-20)23-14-18-4-6-19(7-5-18)28-10-12-31-13-11-28/h4-9,15H,10-14H2,1-3H3,(H2-,23,24,26,29,30)/p+2. The minimum Gasteiger partial charge on any atom is -0.378 e. The van der Waals surface area contributed by atoms with Gasteiger partial charge in [0.25, 0.3) is 0 Å². The number of H-pyrrole nitrogens is 1. The van der Waals surface area contributed by atoms with Crippen molar-refractivity contribution < 1.29 is 18.2 Å². The molecule has 0 radical (unpaired) electrons. The number of pyridine rings is 1. The lowest BCUT2D eigenvalue weighted by Crippen LogP contribution is -2.36. The quantitative estimate of drug-likeness (QED) is 0.320. The van der Waals surface area contributed by atoms with Crippen LogP contribution in [0.25, 0.3) is 0 Å². The van der Waals surface area contributed by atoms with Crippen LogP contribution in [0.2, 0.25) is 0 Å². The minimum absolute atomic E-state index is 0.223. The number of ether oxygens (including phenoxy) is 1. The average molecular weight is 459 g/mol. The molecule has 1 unspecified atom stereocenters. The second-order valence-corrected chi connectivity index (χ2v) is 9.61. The molecular weight excluding hydrogens is 428 g/mol. The van der Waals surface area contributed by atoms with Crippen LogP contribution in [-0.2, 0) is 32.9 Å². The van der Waals surface area contributed by atoms with Gasteiger partial charge in [0.1, 0.15) is 11.5 Å². The lowest BCUT2D eigenvalue weighted by atomic mass is 10.2. The summed E-state index contributed by atoms with van der Waals surface area (Å²) in [6, 6.07) is 11.8. The van der Waals surface area contributed by atoms with Crippen molar-refractivity contribution in [2.24, 2.45) is 7.05 Å². The number of hydrogen-bond donors (Lipinski definition) is 4. The molecule has 2 aromatic heterocycles. The first-order valence-electron chi connectivity index (χ1n) is 10.5. The lowest BCUT2D eigenvalue weighted by Gasteiger charge is -2.28. The molecule has 170 valence electrons. The summed E-state index contributed by atoms with van der Waals surface area (Å²) in [5.41, 5.74) is 4.58. The van der Waals surface area contributed by atoms with Gasteiger partial charge < -0.3 is 15.0 Å². The zero-order valence-corrected chi connectivity index (χ0v) is 19.4. The van der Waals surface area contributed by atoms with Crippen LogP contribution < -0.4 is 19.6 Å². The maximum Gasteiger partial charge on any atom is 0.348 e. The number of hydrogen-bond acceptors (Lipinski definition) is 5. The van der Waals surface area contributed by atoms with Crippen molar-refractivity contribution >= 4 is 27.6 Å². The van der Waals surface area contributed by atoms with Gasteiger partial charge in [-0.2, -0.15) is 14.4 Å². The number of aromatic nitrogens is 3. The number of anilines is 3. The van der Waals surface area contributed by atoms with E-state index in [-0.39, 0.29) is 4.90 Å². The molecule has 3 heterocycles. The Morgan fingerprint density at radius 2 is 1.91 bits per heavy atom. The van der Waals surface area contributed by atoms with Crippen LogP contribution >= 0.6 is 0 Å². The molecule has 4 rings (SSSR count). The van der Waals surface area contributed by atoms with E-state index in [0.29, 0.717) is 18.1 Å². The molecule has 0 aliphatic carbocycles. The van der Waals surface area contributed by atoms with Crippen molar-refractivity contribution in [3.8, 4) is 0 Å². The first kappa shape index (κ1) is 22.3. The molecule has 1 saturated heterocycles. The smallest absolute Gasteiger partial charge is 0.348 e. The van der Waals surface area contributed by atoms with Gasteiger partial charge in [0.2, 0.25) is 10.6 Å². The Bertz CT molecular complexity index is 1110. The summed E-state index contributed by atoms with van der Waals surface area (Å²) in [4.78, 5) is 6.86. The highest BCUT2D eigenvalue weighted by atomic mass is 32.3. The van der Waals surface area contributed by atoms with Crippen molar-refractivity contribution in [3.63, 3.8) is 0 Å². The van der Waals surface area contributed by atoms with E-state index in [0.717, 1.165) is 43.3 Å². The number of aryl methyl sites for hydroxylation is 2. The molecule has 1 aromatic carbocycles. The summed E-state index contributed by atoms with van der Waals surface area (Å²) >= 11 is 0. The van der Waals surface area contributed by atoms with Gasteiger partial charge in [0, 0.05) is 38.3 Å². The fraction of sp³-hybridized carbons (Fsp3) is 0.364. The van der Waals surface area contributed by atoms with E-state index < -0.39 is 10.4 Å². The second-order valence-electron chi connectivity index (χ2n) is 7.88. The van der Waals surface area contributed by atoms with Crippen molar-refractivity contribution in [2.45, 2.75) is 25.3 Å². The lowest BCUT2D eigenvalue weighted by molar-refractivity contribution is -0.732.